The van der Waals surface area contributed by atoms with E-state index >= 15 is 0 Å². The smallest absolute Gasteiger partial charge is 0.0779 e. The summed E-state index contributed by atoms with van der Waals surface area (Å²) in [6.45, 7) is 1.08. The molecular formula is C6H12N2O2. The van der Waals surface area contributed by atoms with Gasteiger partial charge in [0.2, 0.25) is 0 Å². The highest BCUT2D eigenvalue weighted by Crippen LogP contribution is 1.70. The van der Waals surface area contributed by atoms with Gasteiger partial charge in [-0.25, -0.2) is 0 Å². The molecule has 0 heterocycles. The van der Waals surface area contributed by atoms with Gasteiger partial charge >= 0.3 is 0 Å². The minimum absolute atomic E-state index is 0.0241. The Morgan fingerprint density at radius 2 is 1.30 bits per heavy atom. The van der Waals surface area contributed by atoms with Crippen molar-refractivity contribution >= 4 is 12.4 Å². The first-order valence-electron chi connectivity index (χ1n) is 3.10. The highest BCUT2D eigenvalue weighted by molar-refractivity contribution is 5.58. The third-order valence-corrected chi connectivity index (χ3v) is 0.780. The van der Waals surface area contributed by atoms with E-state index in [9.17, 15) is 0 Å². The molecule has 0 radical (unpaired) electrons. The zero-order valence-corrected chi connectivity index (χ0v) is 5.77. The van der Waals surface area contributed by atoms with Gasteiger partial charge in [-0.05, 0) is 0 Å². The largest absolute Gasteiger partial charge is 0.391 e. The van der Waals surface area contributed by atoms with Gasteiger partial charge < -0.3 is 10.2 Å². The van der Waals surface area contributed by atoms with Crippen LogP contribution in [0, 0.1) is 0 Å². The fourth-order valence-electron chi connectivity index (χ4n) is 0.414. The number of hydrogen-bond acceptors (Lipinski definition) is 4. The van der Waals surface area contributed by atoms with Gasteiger partial charge in [0.1, 0.15) is 0 Å². The van der Waals surface area contributed by atoms with Crippen LogP contribution in [0.15, 0.2) is 9.98 Å². The maximum atomic E-state index is 8.24. The van der Waals surface area contributed by atoms with Crippen LogP contribution in [-0.2, 0) is 0 Å². The molecule has 4 heteroatoms. The summed E-state index contributed by atoms with van der Waals surface area (Å²) in [7, 11) is 0. The highest BCUT2D eigenvalue weighted by atomic mass is 16.3. The van der Waals surface area contributed by atoms with Crippen LogP contribution in [0.25, 0.3) is 0 Å². The van der Waals surface area contributed by atoms with E-state index < -0.39 is 0 Å². The fourth-order valence-corrected chi connectivity index (χ4v) is 0.414. The zero-order valence-electron chi connectivity index (χ0n) is 5.77. The maximum Gasteiger partial charge on any atom is 0.0779 e. The van der Waals surface area contributed by atoms with Crippen molar-refractivity contribution in [1.29, 1.82) is 0 Å². The first-order valence-corrected chi connectivity index (χ1v) is 3.10. The summed E-state index contributed by atoms with van der Waals surface area (Å²) in [5.74, 6) is 0. The molecule has 0 unspecified atom stereocenters. The van der Waals surface area contributed by atoms with Gasteiger partial charge in [0, 0.05) is 12.4 Å². The summed E-state index contributed by atoms with van der Waals surface area (Å²) in [6, 6.07) is 0. The van der Waals surface area contributed by atoms with E-state index in [1.165, 1.54) is 12.4 Å². The van der Waals surface area contributed by atoms with E-state index in [1.807, 2.05) is 0 Å². The van der Waals surface area contributed by atoms with Crippen LogP contribution in [0.4, 0.5) is 0 Å². The average Bonchev–Trinajstić information content (AvgIpc) is 1.97. The molecule has 0 amide bonds. The van der Waals surface area contributed by atoms with Gasteiger partial charge in [-0.1, -0.05) is 0 Å². The molecule has 0 aliphatic heterocycles. The normalized spacial score (nSPS) is 11.8. The number of rotatable bonds is 5. The molecular weight excluding hydrogens is 132 g/mol. The van der Waals surface area contributed by atoms with E-state index in [1.54, 1.807) is 0 Å². The zero-order chi connectivity index (χ0) is 7.66. The lowest BCUT2D eigenvalue weighted by Crippen LogP contribution is -1.91. The standard InChI is InChI=1S/C6H12N2O2/c9-5-3-7-1-2-8-4-6-10/h3-4,9-10H,1-2,5-6H2. The highest BCUT2D eigenvalue weighted by Gasteiger charge is 1.75. The Bertz CT molecular complexity index is 98.3. The van der Waals surface area contributed by atoms with Crippen LogP contribution in [0.1, 0.15) is 0 Å². The molecule has 0 atom stereocenters. The van der Waals surface area contributed by atoms with Crippen molar-refractivity contribution in [1.82, 2.24) is 0 Å². The Morgan fingerprint density at radius 3 is 1.60 bits per heavy atom. The van der Waals surface area contributed by atoms with Gasteiger partial charge in [0.05, 0.1) is 26.3 Å². The lowest BCUT2D eigenvalue weighted by molar-refractivity contribution is 0.360. The Labute approximate surface area is 59.9 Å². The number of hydrogen-bond donors (Lipinski definition) is 2. The molecule has 0 saturated carbocycles. The Morgan fingerprint density at radius 1 is 0.900 bits per heavy atom. The predicted octanol–water partition coefficient (Wildman–Crippen LogP) is -0.887. The second-order valence-electron chi connectivity index (χ2n) is 1.54. The summed E-state index contributed by atoms with van der Waals surface area (Å²) < 4.78 is 0. The minimum atomic E-state index is -0.0241. The van der Waals surface area contributed by atoms with Gasteiger partial charge in [-0.3, -0.25) is 9.98 Å². The van der Waals surface area contributed by atoms with Crippen LogP contribution in [0.2, 0.25) is 0 Å². The predicted molar refractivity (Wildman–Crippen MR) is 40.9 cm³/mol. The third-order valence-electron chi connectivity index (χ3n) is 0.780. The van der Waals surface area contributed by atoms with Gasteiger partial charge in [0.25, 0.3) is 0 Å². The van der Waals surface area contributed by atoms with Gasteiger partial charge in [-0.2, -0.15) is 0 Å². The van der Waals surface area contributed by atoms with Crippen molar-refractivity contribution in [2.24, 2.45) is 9.98 Å². The Hall–Kier alpha value is -0.740. The molecule has 0 aliphatic rings. The molecule has 58 valence electrons. The lowest BCUT2D eigenvalue weighted by Gasteiger charge is -1.85. The minimum Gasteiger partial charge on any atom is -0.391 e. The van der Waals surface area contributed by atoms with E-state index in [4.69, 9.17) is 10.2 Å². The molecule has 0 aromatic carbocycles. The molecule has 0 saturated heterocycles. The average molecular weight is 144 g/mol. The van der Waals surface area contributed by atoms with Crippen molar-refractivity contribution in [2.75, 3.05) is 26.3 Å². The molecule has 0 aromatic heterocycles. The van der Waals surface area contributed by atoms with E-state index in [-0.39, 0.29) is 13.2 Å². The summed E-state index contributed by atoms with van der Waals surface area (Å²) in [5.41, 5.74) is 0. The monoisotopic (exact) mass is 144 g/mol. The van der Waals surface area contributed by atoms with Crippen LogP contribution >= 0.6 is 0 Å². The number of nitrogens with zero attached hydrogens (tertiary/aromatic N) is 2. The second kappa shape index (κ2) is 8.26. The maximum absolute atomic E-state index is 8.24. The quantitative estimate of drug-likeness (QED) is 0.388. The summed E-state index contributed by atoms with van der Waals surface area (Å²) in [4.78, 5) is 7.58. The molecule has 0 fully saturated rings. The van der Waals surface area contributed by atoms with Crippen LogP contribution in [-0.4, -0.2) is 48.9 Å². The molecule has 2 N–H and O–H groups in total. The van der Waals surface area contributed by atoms with E-state index in [0.29, 0.717) is 13.1 Å². The summed E-state index contributed by atoms with van der Waals surface area (Å²) in [5, 5.41) is 16.5. The van der Waals surface area contributed by atoms with E-state index in [0.717, 1.165) is 0 Å². The number of aliphatic imine (C=N–C) groups is 2. The molecule has 0 bridgehead atoms. The molecule has 0 spiro atoms. The molecule has 10 heavy (non-hydrogen) atoms. The molecule has 4 nitrogen and oxygen atoms in total. The van der Waals surface area contributed by atoms with Crippen molar-refractivity contribution in [2.45, 2.75) is 0 Å². The first kappa shape index (κ1) is 9.26. The SMILES string of the molecule is OCC=NCCN=CCO. The van der Waals surface area contributed by atoms with Crippen LogP contribution < -0.4 is 0 Å². The van der Waals surface area contributed by atoms with Crippen LogP contribution in [0.3, 0.4) is 0 Å². The number of aliphatic hydroxyl groups is 2. The second-order valence-corrected chi connectivity index (χ2v) is 1.54. The van der Waals surface area contributed by atoms with E-state index in [2.05, 4.69) is 9.98 Å². The van der Waals surface area contributed by atoms with Crippen molar-refractivity contribution in [3.05, 3.63) is 0 Å². The van der Waals surface area contributed by atoms with Gasteiger partial charge in [0.15, 0.2) is 0 Å². The van der Waals surface area contributed by atoms with Crippen LogP contribution in [0.5, 0.6) is 0 Å². The van der Waals surface area contributed by atoms with Crippen molar-refractivity contribution < 1.29 is 10.2 Å². The molecule has 0 aromatic rings. The topological polar surface area (TPSA) is 65.2 Å². The number of aliphatic hydroxyl groups excluding tert-OH is 2. The lowest BCUT2D eigenvalue weighted by atomic mass is 10.6. The summed E-state index contributed by atoms with van der Waals surface area (Å²) in [6.07, 6.45) is 2.85. The van der Waals surface area contributed by atoms with Crippen molar-refractivity contribution in [3.8, 4) is 0 Å². The first-order chi connectivity index (χ1) is 4.91. The van der Waals surface area contributed by atoms with Gasteiger partial charge in [-0.15, -0.1) is 0 Å². The fraction of sp³-hybridized carbons (Fsp3) is 0.667. The third kappa shape index (κ3) is 7.26. The molecule has 0 aliphatic carbocycles. The molecule has 0 rings (SSSR count). The Balaban J connectivity index is 3.04. The van der Waals surface area contributed by atoms with Crippen molar-refractivity contribution in [3.63, 3.8) is 0 Å². The summed E-state index contributed by atoms with van der Waals surface area (Å²) >= 11 is 0. The Kier molecular flexibility index (Phi) is 7.65.